The van der Waals surface area contributed by atoms with Gasteiger partial charge in [0.2, 0.25) is 0 Å². The van der Waals surface area contributed by atoms with Crippen molar-refractivity contribution in [2.45, 2.75) is 38.1 Å². The minimum atomic E-state index is 0.380. The van der Waals surface area contributed by atoms with E-state index in [1.807, 2.05) is 0 Å². The standard InChI is InChI=1S/C14H27N3/c1-12-8-14(9-12,11-15)17-6-4-16(5-7-17)10-13-2-3-13/h12-13H,2-11,15H2,1H3. The van der Waals surface area contributed by atoms with Crippen molar-refractivity contribution in [3.8, 4) is 0 Å². The largest absolute Gasteiger partial charge is 0.329 e. The molecule has 0 atom stereocenters. The van der Waals surface area contributed by atoms with E-state index in [-0.39, 0.29) is 0 Å². The third-order valence-corrected chi connectivity index (χ3v) is 5.09. The molecule has 1 heterocycles. The second kappa shape index (κ2) is 4.52. The molecule has 3 rings (SSSR count). The normalized spacial score (nSPS) is 40.2. The zero-order valence-electron chi connectivity index (χ0n) is 11.2. The van der Waals surface area contributed by atoms with Crippen molar-refractivity contribution in [3.63, 3.8) is 0 Å². The van der Waals surface area contributed by atoms with Crippen molar-refractivity contribution in [2.75, 3.05) is 39.3 Å². The van der Waals surface area contributed by atoms with Gasteiger partial charge in [0.25, 0.3) is 0 Å². The third kappa shape index (κ3) is 2.38. The number of nitrogens with two attached hydrogens (primary N) is 1. The fraction of sp³-hybridized carbons (Fsp3) is 1.00. The lowest BCUT2D eigenvalue weighted by Gasteiger charge is -2.55. The maximum atomic E-state index is 6.03. The number of nitrogens with zero attached hydrogens (tertiary/aromatic N) is 2. The zero-order chi connectivity index (χ0) is 11.9. The molecule has 2 aliphatic carbocycles. The maximum absolute atomic E-state index is 6.03. The topological polar surface area (TPSA) is 32.5 Å². The Kier molecular flexibility index (Phi) is 3.18. The van der Waals surface area contributed by atoms with Gasteiger partial charge >= 0.3 is 0 Å². The molecule has 0 bridgehead atoms. The van der Waals surface area contributed by atoms with Crippen molar-refractivity contribution < 1.29 is 0 Å². The predicted molar refractivity (Wildman–Crippen MR) is 70.9 cm³/mol. The lowest BCUT2D eigenvalue weighted by Crippen LogP contribution is -2.65. The van der Waals surface area contributed by atoms with Crippen molar-refractivity contribution in [1.29, 1.82) is 0 Å². The summed E-state index contributed by atoms with van der Waals surface area (Å²) < 4.78 is 0. The molecular weight excluding hydrogens is 210 g/mol. The van der Waals surface area contributed by atoms with E-state index in [1.54, 1.807) is 0 Å². The van der Waals surface area contributed by atoms with Crippen LogP contribution in [0.25, 0.3) is 0 Å². The Labute approximate surface area is 105 Å². The molecule has 2 saturated carbocycles. The van der Waals surface area contributed by atoms with Crippen LogP contribution in [-0.2, 0) is 0 Å². The van der Waals surface area contributed by atoms with Crippen LogP contribution >= 0.6 is 0 Å². The van der Waals surface area contributed by atoms with E-state index < -0.39 is 0 Å². The minimum absolute atomic E-state index is 0.380. The fourth-order valence-corrected chi connectivity index (χ4v) is 3.86. The van der Waals surface area contributed by atoms with Crippen LogP contribution in [0.4, 0.5) is 0 Å². The lowest BCUT2D eigenvalue weighted by molar-refractivity contribution is -0.0401. The molecule has 0 radical (unpaired) electrons. The average Bonchev–Trinajstić information content (AvgIpc) is 3.10. The van der Waals surface area contributed by atoms with E-state index in [0.717, 1.165) is 18.4 Å². The van der Waals surface area contributed by atoms with E-state index in [1.165, 1.54) is 58.4 Å². The first-order chi connectivity index (χ1) is 8.22. The number of piperazine rings is 1. The molecule has 0 unspecified atom stereocenters. The highest BCUT2D eigenvalue weighted by molar-refractivity contribution is 5.03. The van der Waals surface area contributed by atoms with Gasteiger partial charge < -0.3 is 10.6 Å². The lowest BCUT2D eigenvalue weighted by atomic mass is 9.68. The Hall–Kier alpha value is -0.120. The SMILES string of the molecule is CC1CC(CN)(N2CCN(CC3CC3)CC2)C1. The zero-order valence-corrected chi connectivity index (χ0v) is 11.2. The van der Waals surface area contributed by atoms with Crippen molar-refractivity contribution in [1.82, 2.24) is 9.80 Å². The molecule has 0 spiro atoms. The molecule has 0 aromatic heterocycles. The quantitative estimate of drug-likeness (QED) is 0.796. The summed E-state index contributed by atoms with van der Waals surface area (Å²) in [6.07, 6.45) is 5.60. The average molecular weight is 237 g/mol. The summed E-state index contributed by atoms with van der Waals surface area (Å²) in [6.45, 7) is 9.61. The summed E-state index contributed by atoms with van der Waals surface area (Å²) in [6, 6.07) is 0. The van der Waals surface area contributed by atoms with Crippen LogP contribution < -0.4 is 5.73 Å². The van der Waals surface area contributed by atoms with E-state index in [0.29, 0.717) is 5.54 Å². The third-order valence-electron chi connectivity index (χ3n) is 5.09. The second-order valence-corrected chi connectivity index (χ2v) is 6.67. The molecule has 0 aromatic rings. The Bertz CT molecular complexity index is 261. The van der Waals surface area contributed by atoms with Crippen LogP contribution in [0.1, 0.15) is 32.6 Å². The summed E-state index contributed by atoms with van der Waals surface area (Å²) in [5.41, 5.74) is 6.41. The highest BCUT2D eigenvalue weighted by atomic mass is 15.3. The van der Waals surface area contributed by atoms with Crippen molar-refractivity contribution in [2.24, 2.45) is 17.6 Å². The summed E-state index contributed by atoms with van der Waals surface area (Å²) >= 11 is 0. The first kappa shape index (κ1) is 11.9. The first-order valence-electron chi connectivity index (χ1n) is 7.39. The molecule has 0 aromatic carbocycles. The summed E-state index contributed by atoms with van der Waals surface area (Å²) in [4.78, 5) is 5.36. The van der Waals surface area contributed by atoms with Gasteiger partial charge in [0, 0.05) is 44.8 Å². The van der Waals surface area contributed by atoms with Crippen LogP contribution in [0, 0.1) is 11.8 Å². The summed E-state index contributed by atoms with van der Waals surface area (Å²) in [7, 11) is 0. The van der Waals surface area contributed by atoms with Crippen LogP contribution in [0.2, 0.25) is 0 Å². The van der Waals surface area contributed by atoms with E-state index in [2.05, 4.69) is 16.7 Å². The van der Waals surface area contributed by atoms with Crippen LogP contribution in [-0.4, -0.2) is 54.6 Å². The molecule has 17 heavy (non-hydrogen) atoms. The minimum Gasteiger partial charge on any atom is -0.329 e. The molecule has 3 heteroatoms. The number of hydrogen-bond acceptors (Lipinski definition) is 3. The van der Waals surface area contributed by atoms with Crippen molar-refractivity contribution >= 4 is 0 Å². The molecule has 3 aliphatic rings. The smallest absolute Gasteiger partial charge is 0.0337 e. The highest BCUT2D eigenvalue weighted by Gasteiger charge is 2.46. The van der Waals surface area contributed by atoms with Gasteiger partial charge in [0.15, 0.2) is 0 Å². The Morgan fingerprint density at radius 2 is 1.76 bits per heavy atom. The number of rotatable bonds is 4. The molecule has 3 fully saturated rings. The molecular formula is C14H27N3. The monoisotopic (exact) mass is 237 g/mol. The Morgan fingerprint density at radius 1 is 1.12 bits per heavy atom. The summed E-state index contributed by atoms with van der Waals surface area (Å²) in [5.74, 6) is 1.93. The van der Waals surface area contributed by atoms with E-state index >= 15 is 0 Å². The van der Waals surface area contributed by atoms with E-state index in [4.69, 9.17) is 5.73 Å². The van der Waals surface area contributed by atoms with Gasteiger partial charge in [-0.1, -0.05) is 6.92 Å². The van der Waals surface area contributed by atoms with Crippen LogP contribution in [0.3, 0.4) is 0 Å². The van der Waals surface area contributed by atoms with Gasteiger partial charge in [0.1, 0.15) is 0 Å². The Balaban J connectivity index is 1.49. The highest BCUT2D eigenvalue weighted by Crippen LogP contribution is 2.42. The first-order valence-corrected chi connectivity index (χ1v) is 7.39. The fourth-order valence-electron chi connectivity index (χ4n) is 3.86. The molecule has 3 nitrogen and oxygen atoms in total. The molecule has 2 N–H and O–H groups in total. The van der Waals surface area contributed by atoms with Gasteiger partial charge in [-0.3, -0.25) is 4.90 Å². The maximum Gasteiger partial charge on any atom is 0.0337 e. The van der Waals surface area contributed by atoms with Crippen LogP contribution in [0.5, 0.6) is 0 Å². The van der Waals surface area contributed by atoms with Gasteiger partial charge in [-0.2, -0.15) is 0 Å². The molecule has 1 aliphatic heterocycles. The van der Waals surface area contributed by atoms with Crippen molar-refractivity contribution in [3.05, 3.63) is 0 Å². The van der Waals surface area contributed by atoms with Gasteiger partial charge in [-0.15, -0.1) is 0 Å². The Morgan fingerprint density at radius 3 is 2.24 bits per heavy atom. The summed E-state index contributed by atoms with van der Waals surface area (Å²) in [5, 5.41) is 0. The van der Waals surface area contributed by atoms with Crippen LogP contribution in [0.15, 0.2) is 0 Å². The predicted octanol–water partition coefficient (Wildman–Crippen LogP) is 1.14. The molecule has 1 saturated heterocycles. The van der Waals surface area contributed by atoms with E-state index in [9.17, 15) is 0 Å². The van der Waals surface area contributed by atoms with Gasteiger partial charge in [-0.25, -0.2) is 0 Å². The molecule has 0 amide bonds. The molecule has 98 valence electrons. The second-order valence-electron chi connectivity index (χ2n) is 6.67. The number of hydrogen-bond donors (Lipinski definition) is 1. The van der Waals surface area contributed by atoms with Gasteiger partial charge in [0.05, 0.1) is 0 Å². The van der Waals surface area contributed by atoms with Gasteiger partial charge in [-0.05, 0) is 37.5 Å².